The van der Waals surface area contributed by atoms with Crippen molar-refractivity contribution in [3.05, 3.63) is 36.5 Å². The molecule has 0 aromatic heterocycles. The van der Waals surface area contributed by atoms with E-state index in [9.17, 15) is 14.4 Å². The summed E-state index contributed by atoms with van der Waals surface area (Å²) in [7, 11) is 0. The van der Waals surface area contributed by atoms with Crippen molar-refractivity contribution in [2.75, 3.05) is 13.2 Å². The van der Waals surface area contributed by atoms with E-state index in [2.05, 4.69) is 57.2 Å². The smallest absolute Gasteiger partial charge is 0.306 e. The Labute approximate surface area is 378 Å². The van der Waals surface area contributed by atoms with Crippen molar-refractivity contribution >= 4 is 17.9 Å². The Morgan fingerprint density at radius 2 is 0.639 bits per heavy atom. The van der Waals surface area contributed by atoms with Crippen LogP contribution in [0.3, 0.4) is 0 Å². The van der Waals surface area contributed by atoms with Gasteiger partial charge in [0, 0.05) is 19.3 Å². The van der Waals surface area contributed by atoms with E-state index in [1.807, 2.05) is 0 Å². The number of esters is 3. The summed E-state index contributed by atoms with van der Waals surface area (Å²) in [5.74, 6) is -0.892. The zero-order valence-electron chi connectivity index (χ0n) is 40.7. The summed E-state index contributed by atoms with van der Waals surface area (Å²) in [6, 6.07) is 0. The van der Waals surface area contributed by atoms with Gasteiger partial charge in [-0.15, -0.1) is 0 Å². The van der Waals surface area contributed by atoms with E-state index >= 15 is 0 Å². The second-order valence-electron chi connectivity index (χ2n) is 17.8. The second kappa shape index (κ2) is 50.3. The van der Waals surface area contributed by atoms with Crippen LogP contribution in [0.5, 0.6) is 0 Å². The zero-order valence-corrected chi connectivity index (χ0v) is 40.7. The van der Waals surface area contributed by atoms with Crippen LogP contribution >= 0.6 is 0 Å². The molecule has 1 unspecified atom stereocenters. The Kier molecular flexibility index (Phi) is 48.3. The molecule has 0 N–H and O–H groups in total. The predicted octanol–water partition coefficient (Wildman–Crippen LogP) is 17.3. The third-order valence-corrected chi connectivity index (χ3v) is 11.6. The highest BCUT2D eigenvalue weighted by molar-refractivity contribution is 5.71. The first-order valence-electron chi connectivity index (χ1n) is 26.5. The van der Waals surface area contributed by atoms with Gasteiger partial charge in [-0.2, -0.15) is 0 Å². The lowest BCUT2D eigenvalue weighted by atomic mass is 10.0. The van der Waals surface area contributed by atoms with E-state index in [0.717, 1.165) is 96.3 Å². The molecular formula is C55H100O6. The first-order chi connectivity index (χ1) is 30.0. The van der Waals surface area contributed by atoms with Gasteiger partial charge in [0.25, 0.3) is 0 Å². The fourth-order valence-electron chi connectivity index (χ4n) is 7.58. The molecule has 0 aliphatic rings. The molecule has 0 saturated carbocycles. The number of rotatable bonds is 48. The summed E-state index contributed by atoms with van der Waals surface area (Å²) in [5.41, 5.74) is 0. The van der Waals surface area contributed by atoms with Crippen LogP contribution in [0.25, 0.3) is 0 Å². The third kappa shape index (κ3) is 48.5. The Morgan fingerprint density at radius 1 is 0.328 bits per heavy atom. The molecule has 0 aliphatic carbocycles. The molecule has 356 valence electrons. The Bertz CT molecular complexity index is 1030. The Balaban J connectivity index is 4.29. The van der Waals surface area contributed by atoms with Crippen LogP contribution in [-0.4, -0.2) is 37.2 Å². The van der Waals surface area contributed by atoms with Gasteiger partial charge in [-0.3, -0.25) is 14.4 Å². The van der Waals surface area contributed by atoms with Crippen LogP contribution in [-0.2, 0) is 28.6 Å². The highest BCUT2D eigenvalue weighted by Gasteiger charge is 2.19. The van der Waals surface area contributed by atoms with Crippen molar-refractivity contribution < 1.29 is 28.6 Å². The van der Waals surface area contributed by atoms with E-state index in [1.54, 1.807) is 0 Å². The van der Waals surface area contributed by atoms with Gasteiger partial charge in [-0.05, 0) is 64.2 Å². The minimum Gasteiger partial charge on any atom is -0.462 e. The van der Waals surface area contributed by atoms with Crippen molar-refractivity contribution in [2.24, 2.45) is 0 Å². The summed E-state index contributed by atoms with van der Waals surface area (Å²) in [5, 5.41) is 0. The maximum Gasteiger partial charge on any atom is 0.306 e. The van der Waals surface area contributed by atoms with E-state index < -0.39 is 6.10 Å². The van der Waals surface area contributed by atoms with Crippen molar-refractivity contribution in [3.63, 3.8) is 0 Å². The van der Waals surface area contributed by atoms with Crippen molar-refractivity contribution in [1.29, 1.82) is 0 Å². The number of allylic oxidation sites excluding steroid dienone is 6. The maximum atomic E-state index is 12.8. The molecule has 0 amide bonds. The maximum absolute atomic E-state index is 12.8. The fourth-order valence-corrected chi connectivity index (χ4v) is 7.58. The molecule has 6 nitrogen and oxygen atoms in total. The van der Waals surface area contributed by atoms with Crippen LogP contribution in [0.2, 0.25) is 0 Å². The third-order valence-electron chi connectivity index (χ3n) is 11.6. The average Bonchev–Trinajstić information content (AvgIpc) is 3.26. The van der Waals surface area contributed by atoms with Gasteiger partial charge in [0.15, 0.2) is 6.10 Å². The number of carbonyl (C=O) groups is 3. The van der Waals surface area contributed by atoms with Gasteiger partial charge < -0.3 is 14.2 Å². The van der Waals surface area contributed by atoms with Crippen LogP contribution < -0.4 is 0 Å². The van der Waals surface area contributed by atoms with Crippen LogP contribution in [0.4, 0.5) is 0 Å². The quantitative estimate of drug-likeness (QED) is 0.0262. The standard InChI is InChI=1S/C55H100O6/c1-4-7-10-13-16-19-22-24-25-26-27-28-29-31-33-36-39-42-45-48-54(57)60-51-52(50-59-53(56)47-44-41-38-35-32-21-18-15-12-9-6-3)61-55(58)49-46-43-40-37-34-30-23-20-17-14-11-8-5-2/h11,14-15,18,20,23,52H,4-10,12-13,16-17,19,21-22,24-51H2,1-3H3/b14-11-,18-15-,23-20-. The summed E-state index contributed by atoms with van der Waals surface area (Å²) in [6.45, 7) is 6.54. The van der Waals surface area contributed by atoms with Gasteiger partial charge in [0.1, 0.15) is 13.2 Å². The molecule has 0 aromatic carbocycles. The molecule has 6 heteroatoms. The molecule has 0 heterocycles. The zero-order chi connectivity index (χ0) is 44.4. The lowest BCUT2D eigenvalue weighted by Crippen LogP contribution is -2.30. The van der Waals surface area contributed by atoms with Gasteiger partial charge in [-0.25, -0.2) is 0 Å². The minimum atomic E-state index is -0.778. The van der Waals surface area contributed by atoms with Gasteiger partial charge in [0.05, 0.1) is 0 Å². The molecular weight excluding hydrogens is 757 g/mol. The topological polar surface area (TPSA) is 78.9 Å². The van der Waals surface area contributed by atoms with Gasteiger partial charge in [0.2, 0.25) is 0 Å². The van der Waals surface area contributed by atoms with E-state index in [-0.39, 0.29) is 31.1 Å². The van der Waals surface area contributed by atoms with Crippen molar-refractivity contribution in [1.82, 2.24) is 0 Å². The second-order valence-corrected chi connectivity index (χ2v) is 17.8. The largest absolute Gasteiger partial charge is 0.462 e. The normalized spacial score (nSPS) is 12.2. The van der Waals surface area contributed by atoms with Crippen molar-refractivity contribution in [2.45, 2.75) is 284 Å². The lowest BCUT2D eigenvalue weighted by molar-refractivity contribution is -0.167. The lowest BCUT2D eigenvalue weighted by Gasteiger charge is -2.18. The molecule has 0 bridgehead atoms. The Hall–Kier alpha value is -2.37. The van der Waals surface area contributed by atoms with Gasteiger partial charge >= 0.3 is 17.9 Å². The molecule has 0 fully saturated rings. The summed E-state index contributed by atoms with van der Waals surface area (Å²) in [6.07, 6.45) is 58.5. The summed E-state index contributed by atoms with van der Waals surface area (Å²) >= 11 is 0. The number of unbranched alkanes of at least 4 members (excludes halogenated alkanes) is 31. The molecule has 0 aliphatic heterocycles. The van der Waals surface area contributed by atoms with E-state index in [0.29, 0.717) is 19.3 Å². The first kappa shape index (κ1) is 58.6. The molecule has 0 rings (SSSR count). The highest BCUT2D eigenvalue weighted by atomic mass is 16.6. The Morgan fingerprint density at radius 3 is 1.03 bits per heavy atom. The van der Waals surface area contributed by atoms with E-state index in [1.165, 1.54) is 141 Å². The molecule has 0 saturated heterocycles. The average molecular weight is 857 g/mol. The highest BCUT2D eigenvalue weighted by Crippen LogP contribution is 2.16. The molecule has 0 spiro atoms. The molecule has 0 radical (unpaired) electrons. The number of hydrogen-bond donors (Lipinski definition) is 0. The van der Waals surface area contributed by atoms with Crippen LogP contribution in [0.1, 0.15) is 278 Å². The monoisotopic (exact) mass is 857 g/mol. The van der Waals surface area contributed by atoms with Crippen LogP contribution in [0, 0.1) is 0 Å². The first-order valence-corrected chi connectivity index (χ1v) is 26.5. The number of hydrogen-bond acceptors (Lipinski definition) is 6. The van der Waals surface area contributed by atoms with E-state index in [4.69, 9.17) is 14.2 Å². The van der Waals surface area contributed by atoms with Crippen LogP contribution in [0.15, 0.2) is 36.5 Å². The molecule has 1 atom stereocenters. The summed E-state index contributed by atoms with van der Waals surface area (Å²) in [4.78, 5) is 37.9. The summed E-state index contributed by atoms with van der Waals surface area (Å²) < 4.78 is 16.8. The molecule has 61 heavy (non-hydrogen) atoms. The predicted molar refractivity (Wildman–Crippen MR) is 261 cm³/mol. The van der Waals surface area contributed by atoms with Gasteiger partial charge in [-0.1, -0.05) is 231 Å². The number of ether oxygens (including phenoxy) is 3. The van der Waals surface area contributed by atoms with Crippen molar-refractivity contribution in [3.8, 4) is 0 Å². The fraction of sp³-hybridized carbons (Fsp3) is 0.836. The minimum absolute atomic E-state index is 0.0776. The number of carbonyl (C=O) groups excluding carboxylic acids is 3. The SMILES string of the molecule is CCC/C=C\C/C=C\CCCCCCCC(=O)OC(COC(=O)CCCCCCC/C=C\CCCC)COC(=O)CCCCCCCCCCCCCCCCCCCCC. The molecule has 0 aromatic rings.